The third kappa shape index (κ3) is 4.58. The molecular formula is C17H21NO3S. The fourth-order valence-corrected chi connectivity index (χ4v) is 3.11. The van der Waals surface area contributed by atoms with E-state index in [0.717, 1.165) is 16.9 Å². The second-order valence-corrected chi connectivity index (χ2v) is 6.93. The summed E-state index contributed by atoms with van der Waals surface area (Å²) in [5, 5.41) is 0. The van der Waals surface area contributed by atoms with Crippen molar-refractivity contribution < 1.29 is 13.2 Å². The zero-order valence-corrected chi connectivity index (χ0v) is 13.7. The van der Waals surface area contributed by atoms with Crippen molar-refractivity contribution in [1.29, 1.82) is 0 Å². The Morgan fingerprint density at radius 1 is 1.00 bits per heavy atom. The maximum absolute atomic E-state index is 12.2. The molecule has 0 aliphatic rings. The fraction of sp³-hybridized carbons (Fsp3) is 0.294. The molecule has 0 unspecified atom stereocenters. The van der Waals surface area contributed by atoms with Crippen LogP contribution < -0.4 is 9.46 Å². The molecule has 0 spiro atoms. The molecule has 0 bridgehead atoms. The molecule has 0 amide bonds. The lowest BCUT2D eigenvalue weighted by atomic mass is 10.1. The molecule has 22 heavy (non-hydrogen) atoms. The van der Waals surface area contributed by atoms with Gasteiger partial charge in [0.15, 0.2) is 0 Å². The minimum absolute atomic E-state index is 0.305. The number of nitrogens with one attached hydrogen (secondary N) is 1. The van der Waals surface area contributed by atoms with Crippen LogP contribution in [0.15, 0.2) is 53.4 Å². The van der Waals surface area contributed by atoms with Crippen LogP contribution in [-0.2, 0) is 10.0 Å². The lowest BCUT2D eigenvalue weighted by molar-refractivity contribution is 0.311. The number of rotatable bonds is 7. The number of para-hydroxylation sites is 1. The van der Waals surface area contributed by atoms with Crippen molar-refractivity contribution in [2.24, 2.45) is 0 Å². The molecule has 1 N–H and O–H groups in total. The summed E-state index contributed by atoms with van der Waals surface area (Å²) in [5.74, 6) is 0.791. The highest BCUT2D eigenvalue weighted by molar-refractivity contribution is 7.89. The van der Waals surface area contributed by atoms with Crippen LogP contribution in [0.1, 0.15) is 17.5 Å². The Balaban J connectivity index is 1.81. The van der Waals surface area contributed by atoms with Crippen molar-refractivity contribution in [3.63, 3.8) is 0 Å². The second-order valence-electron chi connectivity index (χ2n) is 5.16. The minimum atomic E-state index is -3.45. The van der Waals surface area contributed by atoms with E-state index in [4.69, 9.17) is 4.74 Å². The predicted molar refractivity (Wildman–Crippen MR) is 87.7 cm³/mol. The van der Waals surface area contributed by atoms with Gasteiger partial charge in [-0.2, -0.15) is 0 Å². The van der Waals surface area contributed by atoms with Gasteiger partial charge in [-0.25, -0.2) is 13.1 Å². The molecule has 0 aliphatic carbocycles. The largest absolute Gasteiger partial charge is 0.494 e. The molecular weight excluding hydrogens is 298 g/mol. The van der Waals surface area contributed by atoms with E-state index < -0.39 is 10.0 Å². The van der Waals surface area contributed by atoms with Crippen LogP contribution in [-0.4, -0.2) is 21.6 Å². The molecule has 0 atom stereocenters. The Kier molecular flexibility index (Phi) is 5.57. The van der Waals surface area contributed by atoms with E-state index in [2.05, 4.69) is 4.72 Å². The number of aryl methyl sites for hydroxylation is 2. The van der Waals surface area contributed by atoms with Gasteiger partial charge in [0.2, 0.25) is 10.0 Å². The van der Waals surface area contributed by atoms with Crippen LogP contribution in [0.25, 0.3) is 0 Å². The molecule has 0 radical (unpaired) electrons. The zero-order valence-electron chi connectivity index (χ0n) is 12.9. The van der Waals surface area contributed by atoms with Crippen LogP contribution in [0, 0.1) is 13.8 Å². The van der Waals surface area contributed by atoms with E-state index in [9.17, 15) is 8.42 Å². The van der Waals surface area contributed by atoms with Crippen molar-refractivity contribution in [3.05, 3.63) is 59.7 Å². The molecule has 0 saturated heterocycles. The number of ether oxygens (including phenoxy) is 1. The standard InChI is InChI=1S/C17H21NO3S/c1-14-9-10-17(13-15(14)2)22(19,20)18-11-6-12-21-16-7-4-3-5-8-16/h3-5,7-10,13,18H,6,11-12H2,1-2H3. The second kappa shape index (κ2) is 7.42. The Morgan fingerprint density at radius 3 is 2.41 bits per heavy atom. The van der Waals surface area contributed by atoms with Gasteiger partial charge in [-0.3, -0.25) is 0 Å². The summed E-state index contributed by atoms with van der Waals surface area (Å²) in [5.41, 5.74) is 2.05. The SMILES string of the molecule is Cc1ccc(S(=O)(=O)NCCCOc2ccccc2)cc1C. The monoisotopic (exact) mass is 319 g/mol. The minimum Gasteiger partial charge on any atom is -0.494 e. The van der Waals surface area contributed by atoms with Crippen LogP contribution in [0.5, 0.6) is 5.75 Å². The highest BCUT2D eigenvalue weighted by atomic mass is 32.2. The van der Waals surface area contributed by atoms with Gasteiger partial charge in [0.25, 0.3) is 0 Å². The first-order chi connectivity index (χ1) is 10.5. The van der Waals surface area contributed by atoms with Gasteiger partial charge in [-0.15, -0.1) is 0 Å². The smallest absolute Gasteiger partial charge is 0.240 e. The highest BCUT2D eigenvalue weighted by Gasteiger charge is 2.13. The van der Waals surface area contributed by atoms with Gasteiger partial charge in [0, 0.05) is 6.54 Å². The average Bonchev–Trinajstić information content (AvgIpc) is 2.50. The number of hydrogen-bond acceptors (Lipinski definition) is 3. The average molecular weight is 319 g/mol. The van der Waals surface area contributed by atoms with E-state index in [1.165, 1.54) is 0 Å². The van der Waals surface area contributed by atoms with Gasteiger partial charge in [-0.1, -0.05) is 24.3 Å². The van der Waals surface area contributed by atoms with Crippen molar-refractivity contribution in [3.8, 4) is 5.75 Å². The lowest BCUT2D eigenvalue weighted by Gasteiger charge is -2.09. The van der Waals surface area contributed by atoms with Gasteiger partial charge in [0.1, 0.15) is 5.75 Å². The van der Waals surface area contributed by atoms with E-state index in [-0.39, 0.29) is 0 Å². The number of sulfonamides is 1. The summed E-state index contributed by atoms with van der Waals surface area (Å²) >= 11 is 0. The molecule has 5 heteroatoms. The first kappa shape index (κ1) is 16.5. The van der Waals surface area contributed by atoms with Crippen LogP contribution in [0.3, 0.4) is 0 Å². The summed E-state index contributed by atoms with van der Waals surface area (Å²) in [4.78, 5) is 0.305. The Hall–Kier alpha value is -1.85. The summed E-state index contributed by atoms with van der Waals surface area (Å²) in [6.07, 6.45) is 0.610. The van der Waals surface area contributed by atoms with E-state index >= 15 is 0 Å². The molecule has 0 aromatic heterocycles. The van der Waals surface area contributed by atoms with E-state index in [1.54, 1.807) is 12.1 Å². The molecule has 0 heterocycles. The van der Waals surface area contributed by atoms with Gasteiger partial charge < -0.3 is 4.74 Å². The third-order valence-corrected chi connectivity index (χ3v) is 4.87. The topological polar surface area (TPSA) is 55.4 Å². The molecule has 2 aromatic rings. The maximum atomic E-state index is 12.2. The Bertz CT molecular complexity index is 712. The normalized spacial score (nSPS) is 11.4. The highest BCUT2D eigenvalue weighted by Crippen LogP contribution is 2.14. The molecule has 4 nitrogen and oxygen atoms in total. The Labute approximate surface area is 132 Å². The van der Waals surface area contributed by atoms with Crippen molar-refractivity contribution >= 4 is 10.0 Å². The van der Waals surface area contributed by atoms with Crippen LogP contribution in [0.2, 0.25) is 0 Å². The summed E-state index contributed by atoms with van der Waals surface area (Å²) in [7, 11) is -3.45. The first-order valence-corrected chi connectivity index (χ1v) is 8.72. The van der Waals surface area contributed by atoms with Gasteiger partial charge in [0.05, 0.1) is 11.5 Å². The van der Waals surface area contributed by atoms with Crippen molar-refractivity contribution in [2.75, 3.05) is 13.2 Å². The van der Waals surface area contributed by atoms with Crippen molar-refractivity contribution in [1.82, 2.24) is 4.72 Å². The summed E-state index contributed by atoms with van der Waals surface area (Å²) in [6.45, 7) is 4.68. The fourth-order valence-electron chi connectivity index (χ4n) is 1.95. The third-order valence-electron chi connectivity index (χ3n) is 3.41. The maximum Gasteiger partial charge on any atom is 0.240 e. The Morgan fingerprint density at radius 2 is 1.73 bits per heavy atom. The molecule has 2 rings (SSSR count). The summed E-state index contributed by atoms with van der Waals surface area (Å²) in [6, 6.07) is 14.6. The van der Waals surface area contributed by atoms with E-state index in [0.29, 0.717) is 24.5 Å². The quantitative estimate of drug-likeness (QED) is 0.798. The molecule has 118 valence electrons. The first-order valence-electron chi connectivity index (χ1n) is 7.24. The van der Waals surface area contributed by atoms with E-state index in [1.807, 2.05) is 50.2 Å². The van der Waals surface area contributed by atoms with Gasteiger partial charge >= 0.3 is 0 Å². The van der Waals surface area contributed by atoms with Crippen molar-refractivity contribution in [2.45, 2.75) is 25.2 Å². The number of benzene rings is 2. The lowest BCUT2D eigenvalue weighted by Crippen LogP contribution is -2.26. The molecule has 0 saturated carbocycles. The predicted octanol–water partition coefficient (Wildman–Crippen LogP) is 3.05. The summed E-state index contributed by atoms with van der Waals surface area (Å²) < 4.78 is 32.5. The van der Waals surface area contributed by atoms with Crippen LogP contribution >= 0.6 is 0 Å². The molecule has 0 fully saturated rings. The molecule has 2 aromatic carbocycles. The van der Waals surface area contributed by atoms with Gasteiger partial charge in [-0.05, 0) is 55.7 Å². The van der Waals surface area contributed by atoms with Crippen LogP contribution in [0.4, 0.5) is 0 Å². The molecule has 0 aliphatic heterocycles. The zero-order chi connectivity index (χ0) is 16.0. The number of hydrogen-bond donors (Lipinski definition) is 1.